The van der Waals surface area contributed by atoms with Gasteiger partial charge in [-0.05, 0) is 30.3 Å². The fourth-order valence-corrected chi connectivity index (χ4v) is 3.98. The Morgan fingerprint density at radius 1 is 1.09 bits per heavy atom. The lowest BCUT2D eigenvalue weighted by molar-refractivity contribution is 0.171. The Labute approximate surface area is 129 Å². The number of sulfonamides is 1. The quantitative estimate of drug-likeness (QED) is 0.862. The molecule has 5 nitrogen and oxygen atoms in total. The molecule has 7 heteroatoms. The molecule has 0 spiro atoms. The van der Waals surface area contributed by atoms with Crippen molar-refractivity contribution in [2.75, 3.05) is 26.2 Å². The van der Waals surface area contributed by atoms with E-state index in [1.807, 2.05) is 12.1 Å². The molecule has 118 valence electrons. The summed E-state index contributed by atoms with van der Waals surface area (Å²) < 4.78 is 44.9. The van der Waals surface area contributed by atoms with Crippen molar-refractivity contribution >= 4 is 10.0 Å². The summed E-state index contributed by atoms with van der Waals surface area (Å²) in [5.41, 5.74) is 0. The summed E-state index contributed by atoms with van der Waals surface area (Å²) in [6, 6.07) is 8.86. The standard InChI is InChI=1S/C15H17FN2O3S/c16-13-3-1-5-15(11-13)22(19,20)18-8-6-17(7-9-18)12-14-4-2-10-21-14/h1-5,10-11H,6-9,12H2. The highest BCUT2D eigenvalue weighted by molar-refractivity contribution is 7.89. The van der Waals surface area contributed by atoms with E-state index in [0.717, 1.165) is 11.8 Å². The van der Waals surface area contributed by atoms with Gasteiger partial charge in [-0.3, -0.25) is 4.90 Å². The normalized spacial score (nSPS) is 17.7. The molecule has 0 atom stereocenters. The Hall–Kier alpha value is -1.70. The van der Waals surface area contributed by atoms with Crippen LogP contribution in [0, 0.1) is 5.82 Å². The highest BCUT2D eigenvalue weighted by Crippen LogP contribution is 2.19. The number of benzene rings is 1. The van der Waals surface area contributed by atoms with Crippen molar-refractivity contribution in [2.24, 2.45) is 0 Å². The van der Waals surface area contributed by atoms with Crippen LogP contribution in [0.3, 0.4) is 0 Å². The van der Waals surface area contributed by atoms with E-state index in [0.29, 0.717) is 32.7 Å². The molecule has 0 amide bonds. The molecule has 1 aromatic carbocycles. The van der Waals surface area contributed by atoms with Crippen LogP contribution in [0.5, 0.6) is 0 Å². The molecule has 0 radical (unpaired) electrons. The van der Waals surface area contributed by atoms with Gasteiger partial charge in [0.1, 0.15) is 11.6 Å². The topological polar surface area (TPSA) is 53.8 Å². The van der Waals surface area contributed by atoms with Crippen molar-refractivity contribution in [3.8, 4) is 0 Å². The van der Waals surface area contributed by atoms with Crippen LogP contribution in [0.25, 0.3) is 0 Å². The average Bonchev–Trinajstić information content (AvgIpc) is 3.01. The zero-order valence-electron chi connectivity index (χ0n) is 12.0. The van der Waals surface area contributed by atoms with E-state index in [4.69, 9.17) is 4.42 Å². The number of piperazine rings is 1. The highest BCUT2D eigenvalue weighted by atomic mass is 32.2. The summed E-state index contributed by atoms with van der Waals surface area (Å²) in [6.45, 7) is 2.68. The van der Waals surface area contributed by atoms with Gasteiger partial charge in [-0.15, -0.1) is 0 Å². The minimum atomic E-state index is -3.63. The second-order valence-electron chi connectivity index (χ2n) is 5.22. The van der Waals surface area contributed by atoms with Crippen LogP contribution in [0.2, 0.25) is 0 Å². The molecule has 1 saturated heterocycles. The van der Waals surface area contributed by atoms with Gasteiger partial charge in [-0.25, -0.2) is 12.8 Å². The van der Waals surface area contributed by atoms with Crippen molar-refractivity contribution in [3.63, 3.8) is 0 Å². The maximum absolute atomic E-state index is 13.2. The van der Waals surface area contributed by atoms with Gasteiger partial charge in [-0.2, -0.15) is 4.31 Å². The van der Waals surface area contributed by atoms with Gasteiger partial charge < -0.3 is 4.42 Å². The molecule has 0 saturated carbocycles. The van der Waals surface area contributed by atoms with Crippen molar-refractivity contribution in [1.82, 2.24) is 9.21 Å². The number of nitrogens with zero attached hydrogens (tertiary/aromatic N) is 2. The molecule has 1 aliphatic rings. The molecule has 1 aliphatic heterocycles. The summed E-state index contributed by atoms with van der Waals surface area (Å²) >= 11 is 0. The van der Waals surface area contributed by atoms with E-state index in [1.54, 1.807) is 6.26 Å². The highest BCUT2D eigenvalue weighted by Gasteiger charge is 2.28. The largest absolute Gasteiger partial charge is 0.468 e. The molecule has 22 heavy (non-hydrogen) atoms. The Balaban J connectivity index is 1.65. The number of hydrogen-bond acceptors (Lipinski definition) is 4. The Morgan fingerprint density at radius 2 is 1.86 bits per heavy atom. The van der Waals surface area contributed by atoms with Crippen molar-refractivity contribution in [1.29, 1.82) is 0 Å². The van der Waals surface area contributed by atoms with E-state index in [-0.39, 0.29) is 4.90 Å². The van der Waals surface area contributed by atoms with E-state index in [9.17, 15) is 12.8 Å². The Bertz CT molecular complexity index is 723. The predicted molar refractivity (Wildman–Crippen MR) is 79.1 cm³/mol. The fraction of sp³-hybridized carbons (Fsp3) is 0.333. The van der Waals surface area contributed by atoms with Gasteiger partial charge >= 0.3 is 0 Å². The van der Waals surface area contributed by atoms with Gasteiger partial charge in [-0.1, -0.05) is 6.07 Å². The monoisotopic (exact) mass is 324 g/mol. The van der Waals surface area contributed by atoms with Crippen molar-refractivity contribution in [3.05, 3.63) is 54.2 Å². The van der Waals surface area contributed by atoms with E-state index < -0.39 is 15.8 Å². The minimum Gasteiger partial charge on any atom is -0.468 e. The van der Waals surface area contributed by atoms with Crippen molar-refractivity contribution < 1.29 is 17.2 Å². The van der Waals surface area contributed by atoms with Gasteiger partial charge in [0.25, 0.3) is 0 Å². The van der Waals surface area contributed by atoms with Gasteiger partial charge in [0.2, 0.25) is 10.0 Å². The number of hydrogen-bond donors (Lipinski definition) is 0. The van der Waals surface area contributed by atoms with Crippen LogP contribution in [0.15, 0.2) is 52.0 Å². The SMILES string of the molecule is O=S(=O)(c1cccc(F)c1)N1CCN(Cc2ccco2)CC1. The first-order valence-electron chi connectivity index (χ1n) is 7.06. The molecule has 3 rings (SSSR count). The second-order valence-corrected chi connectivity index (χ2v) is 7.15. The zero-order chi connectivity index (χ0) is 15.6. The summed E-state index contributed by atoms with van der Waals surface area (Å²) in [7, 11) is -3.63. The summed E-state index contributed by atoms with van der Waals surface area (Å²) in [5.74, 6) is 0.318. The minimum absolute atomic E-state index is 0.00647. The van der Waals surface area contributed by atoms with Crippen LogP contribution in [0.4, 0.5) is 4.39 Å². The lowest BCUT2D eigenvalue weighted by Gasteiger charge is -2.33. The van der Waals surface area contributed by atoms with Gasteiger partial charge in [0.05, 0.1) is 17.7 Å². The molecule has 1 aromatic heterocycles. The van der Waals surface area contributed by atoms with E-state index >= 15 is 0 Å². The summed E-state index contributed by atoms with van der Waals surface area (Å²) in [4.78, 5) is 2.14. The van der Waals surface area contributed by atoms with Crippen LogP contribution in [-0.4, -0.2) is 43.8 Å². The molecular weight excluding hydrogens is 307 g/mol. The van der Waals surface area contributed by atoms with E-state index in [1.165, 1.54) is 22.5 Å². The first-order chi connectivity index (χ1) is 10.6. The van der Waals surface area contributed by atoms with Gasteiger partial charge in [0, 0.05) is 26.2 Å². The molecular formula is C15H17FN2O3S. The molecule has 0 N–H and O–H groups in total. The van der Waals surface area contributed by atoms with Crippen LogP contribution >= 0.6 is 0 Å². The molecule has 0 bridgehead atoms. The van der Waals surface area contributed by atoms with Gasteiger partial charge in [0.15, 0.2) is 0 Å². The first kappa shape index (κ1) is 15.2. The summed E-state index contributed by atoms with van der Waals surface area (Å²) in [6.07, 6.45) is 1.62. The third kappa shape index (κ3) is 3.21. The van der Waals surface area contributed by atoms with Crippen LogP contribution < -0.4 is 0 Å². The number of rotatable bonds is 4. The Kier molecular flexibility index (Phi) is 4.28. The molecule has 0 unspecified atom stereocenters. The molecule has 0 aliphatic carbocycles. The smallest absolute Gasteiger partial charge is 0.243 e. The third-order valence-electron chi connectivity index (χ3n) is 3.72. The maximum atomic E-state index is 13.2. The van der Waals surface area contributed by atoms with Crippen molar-refractivity contribution in [2.45, 2.75) is 11.4 Å². The third-order valence-corrected chi connectivity index (χ3v) is 5.62. The Morgan fingerprint density at radius 3 is 2.50 bits per heavy atom. The predicted octanol–water partition coefficient (Wildman–Crippen LogP) is 1.93. The fourth-order valence-electron chi connectivity index (χ4n) is 2.53. The second kappa shape index (κ2) is 6.20. The lowest BCUT2D eigenvalue weighted by Crippen LogP contribution is -2.48. The lowest BCUT2D eigenvalue weighted by atomic mass is 10.3. The zero-order valence-corrected chi connectivity index (χ0v) is 12.8. The first-order valence-corrected chi connectivity index (χ1v) is 8.50. The summed E-state index contributed by atoms with van der Waals surface area (Å²) in [5, 5.41) is 0. The van der Waals surface area contributed by atoms with Crippen LogP contribution in [0.1, 0.15) is 5.76 Å². The number of furan rings is 1. The molecule has 1 fully saturated rings. The molecule has 2 aromatic rings. The number of halogens is 1. The van der Waals surface area contributed by atoms with E-state index in [2.05, 4.69) is 4.90 Å². The maximum Gasteiger partial charge on any atom is 0.243 e. The average molecular weight is 324 g/mol. The van der Waals surface area contributed by atoms with Crippen LogP contribution in [-0.2, 0) is 16.6 Å². The molecule has 2 heterocycles.